The van der Waals surface area contributed by atoms with Gasteiger partial charge in [-0.1, -0.05) is 20.8 Å². The van der Waals surface area contributed by atoms with Crippen LogP contribution in [0.2, 0.25) is 0 Å². The lowest BCUT2D eigenvalue weighted by Gasteiger charge is -2.23. The van der Waals surface area contributed by atoms with Crippen LogP contribution in [0.1, 0.15) is 42.4 Å². The second-order valence-electron chi connectivity index (χ2n) is 7.76. The zero-order valence-electron chi connectivity index (χ0n) is 15.7. The van der Waals surface area contributed by atoms with E-state index in [1.165, 1.54) is 10.7 Å². The van der Waals surface area contributed by atoms with E-state index in [-0.39, 0.29) is 11.0 Å². The molecule has 0 saturated carbocycles. The van der Waals surface area contributed by atoms with Crippen LogP contribution in [0.25, 0.3) is 16.6 Å². The van der Waals surface area contributed by atoms with Crippen LogP contribution in [0, 0.1) is 6.92 Å². The van der Waals surface area contributed by atoms with Gasteiger partial charge in [0, 0.05) is 29.7 Å². The van der Waals surface area contributed by atoms with Crippen molar-refractivity contribution in [3.05, 3.63) is 63.8 Å². The van der Waals surface area contributed by atoms with Gasteiger partial charge in [-0.2, -0.15) is 9.61 Å². The van der Waals surface area contributed by atoms with Crippen LogP contribution in [0.15, 0.2) is 41.5 Å². The largest absolute Gasteiger partial charge is 0.361 e. The van der Waals surface area contributed by atoms with Crippen LogP contribution < -0.4 is 10.9 Å². The molecule has 7 nitrogen and oxygen atoms in total. The Balaban J connectivity index is 1.79. The van der Waals surface area contributed by atoms with Crippen LogP contribution in [-0.4, -0.2) is 25.5 Å². The summed E-state index contributed by atoms with van der Waals surface area (Å²) in [4.78, 5) is 31.6. The minimum atomic E-state index is -0.470. The number of aryl methyl sites for hydroxylation is 1. The summed E-state index contributed by atoms with van der Waals surface area (Å²) in [5, 5.41) is 8.12. The summed E-state index contributed by atoms with van der Waals surface area (Å²) in [5.74, 6) is -0.470. The van der Waals surface area contributed by atoms with Gasteiger partial charge in [-0.25, -0.2) is 0 Å². The normalized spacial score (nSPS) is 12.0. The highest BCUT2D eigenvalue weighted by molar-refractivity contribution is 6.05. The van der Waals surface area contributed by atoms with Crippen molar-refractivity contribution in [2.75, 3.05) is 5.32 Å². The molecule has 4 rings (SSSR count). The van der Waals surface area contributed by atoms with Crippen molar-refractivity contribution >= 4 is 28.1 Å². The molecule has 3 N–H and O–H groups in total. The number of hydrogen-bond acceptors (Lipinski definition) is 3. The fourth-order valence-corrected chi connectivity index (χ4v) is 3.26. The molecule has 7 heteroatoms. The molecule has 1 aromatic carbocycles. The number of anilines is 1. The molecule has 0 radical (unpaired) electrons. The molecule has 3 aromatic heterocycles. The van der Waals surface area contributed by atoms with E-state index in [4.69, 9.17) is 0 Å². The smallest absolute Gasteiger partial charge is 0.287 e. The first-order valence-corrected chi connectivity index (χ1v) is 8.75. The zero-order valence-corrected chi connectivity index (χ0v) is 15.7. The van der Waals surface area contributed by atoms with Gasteiger partial charge in [-0.15, -0.1) is 0 Å². The third-order valence-corrected chi connectivity index (χ3v) is 4.61. The van der Waals surface area contributed by atoms with E-state index in [1.807, 2.05) is 18.3 Å². The topological polar surface area (TPSA) is 95.0 Å². The Labute approximate surface area is 155 Å². The van der Waals surface area contributed by atoms with Crippen LogP contribution in [0.4, 0.5) is 5.69 Å². The second kappa shape index (κ2) is 5.84. The monoisotopic (exact) mass is 363 g/mol. The molecule has 138 valence electrons. The average molecular weight is 363 g/mol. The number of benzene rings is 1. The van der Waals surface area contributed by atoms with Crippen molar-refractivity contribution in [1.82, 2.24) is 19.6 Å². The number of amides is 1. The third kappa shape index (κ3) is 2.91. The van der Waals surface area contributed by atoms with Crippen LogP contribution in [0.5, 0.6) is 0 Å². The predicted molar refractivity (Wildman–Crippen MR) is 106 cm³/mol. The first-order valence-electron chi connectivity index (χ1n) is 8.75. The maximum Gasteiger partial charge on any atom is 0.287 e. The standard InChI is InChI=1S/C20H21N5O2/c1-11-7-17-22-10-13(19(27)25(17)24-11)18(26)23-16-9-15-12(5-6-21-15)8-14(16)20(2,3)4/h5-10,21-22H,1-4H3,(H,23,26). The lowest BCUT2D eigenvalue weighted by atomic mass is 9.85. The third-order valence-electron chi connectivity index (χ3n) is 4.61. The number of aromatic nitrogens is 4. The van der Waals surface area contributed by atoms with Crippen molar-refractivity contribution < 1.29 is 4.79 Å². The van der Waals surface area contributed by atoms with Crippen molar-refractivity contribution in [3.8, 4) is 0 Å². The number of carbonyl (C=O) groups excluding carboxylic acids is 1. The quantitative estimate of drug-likeness (QED) is 0.509. The summed E-state index contributed by atoms with van der Waals surface area (Å²) < 4.78 is 1.21. The van der Waals surface area contributed by atoms with Crippen LogP contribution >= 0.6 is 0 Å². The van der Waals surface area contributed by atoms with Gasteiger partial charge in [0.1, 0.15) is 11.2 Å². The Morgan fingerprint density at radius 2 is 1.96 bits per heavy atom. The molecule has 0 aliphatic carbocycles. The fraction of sp³-hybridized carbons (Fsp3) is 0.250. The molecule has 0 saturated heterocycles. The Kier molecular flexibility index (Phi) is 3.69. The van der Waals surface area contributed by atoms with Gasteiger partial charge in [-0.05, 0) is 41.5 Å². The van der Waals surface area contributed by atoms with E-state index in [0.29, 0.717) is 17.0 Å². The van der Waals surface area contributed by atoms with Gasteiger partial charge in [0.2, 0.25) is 0 Å². The average Bonchev–Trinajstić information content (AvgIpc) is 3.18. The molecular weight excluding hydrogens is 342 g/mol. The number of aromatic amines is 2. The van der Waals surface area contributed by atoms with Gasteiger partial charge < -0.3 is 15.3 Å². The predicted octanol–water partition coefficient (Wildman–Crippen LogP) is 3.36. The summed E-state index contributed by atoms with van der Waals surface area (Å²) in [7, 11) is 0. The van der Waals surface area contributed by atoms with Crippen LogP contribution in [-0.2, 0) is 5.41 Å². The summed E-state index contributed by atoms with van der Waals surface area (Å²) in [5.41, 5.74) is 3.23. The van der Waals surface area contributed by atoms with Gasteiger partial charge in [0.05, 0.1) is 5.69 Å². The number of rotatable bonds is 2. The van der Waals surface area contributed by atoms with Crippen LogP contribution in [0.3, 0.4) is 0 Å². The Bertz CT molecular complexity index is 1240. The van der Waals surface area contributed by atoms with E-state index >= 15 is 0 Å². The molecule has 0 aliphatic rings. The van der Waals surface area contributed by atoms with Crippen molar-refractivity contribution in [2.24, 2.45) is 0 Å². The minimum Gasteiger partial charge on any atom is -0.361 e. The van der Waals surface area contributed by atoms with Gasteiger partial charge in [-0.3, -0.25) is 9.59 Å². The molecule has 0 fully saturated rings. The first kappa shape index (κ1) is 17.1. The molecule has 0 unspecified atom stereocenters. The van der Waals surface area contributed by atoms with Gasteiger partial charge in [0.15, 0.2) is 0 Å². The fourth-order valence-electron chi connectivity index (χ4n) is 3.26. The SMILES string of the molecule is Cc1cc2[nH]cc(C(=O)Nc3cc4[nH]ccc4cc3C(C)(C)C)c(=O)n2n1. The molecule has 1 amide bonds. The summed E-state index contributed by atoms with van der Waals surface area (Å²) in [6.07, 6.45) is 3.29. The molecule has 0 bridgehead atoms. The molecular formula is C20H21N5O2. The minimum absolute atomic E-state index is 0.0111. The number of hydrogen-bond donors (Lipinski definition) is 3. The highest BCUT2D eigenvalue weighted by Crippen LogP contribution is 2.33. The van der Waals surface area contributed by atoms with Crippen molar-refractivity contribution in [3.63, 3.8) is 0 Å². The van der Waals surface area contributed by atoms with Gasteiger partial charge >= 0.3 is 0 Å². The lowest BCUT2D eigenvalue weighted by molar-refractivity contribution is 0.102. The van der Waals surface area contributed by atoms with E-state index < -0.39 is 11.5 Å². The second-order valence-corrected chi connectivity index (χ2v) is 7.76. The first-order chi connectivity index (χ1) is 12.7. The maximum absolute atomic E-state index is 12.9. The van der Waals surface area contributed by atoms with E-state index in [9.17, 15) is 9.59 Å². The Morgan fingerprint density at radius 1 is 1.19 bits per heavy atom. The van der Waals surface area contributed by atoms with E-state index in [2.05, 4.69) is 47.2 Å². The molecule has 0 atom stereocenters. The zero-order chi connectivity index (χ0) is 19.3. The number of nitrogens with zero attached hydrogens (tertiary/aromatic N) is 2. The van der Waals surface area contributed by atoms with Crippen molar-refractivity contribution in [2.45, 2.75) is 33.1 Å². The van der Waals surface area contributed by atoms with Crippen molar-refractivity contribution in [1.29, 1.82) is 0 Å². The van der Waals surface area contributed by atoms with E-state index in [1.54, 1.807) is 13.0 Å². The number of nitrogens with one attached hydrogen (secondary N) is 3. The Morgan fingerprint density at radius 3 is 2.70 bits per heavy atom. The number of fused-ring (bicyclic) bond motifs is 2. The van der Waals surface area contributed by atoms with Gasteiger partial charge in [0.25, 0.3) is 11.5 Å². The lowest BCUT2D eigenvalue weighted by Crippen LogP contribution is -2.28. The number of carbonyl (C=O) groups is 1. The van der Waals surface area contributed by atoms with E-state index in [0.717, 1.165) is 16.5 Å². The molecule has 0 aliphatic heterocycles. The molecule has 4 aromatic rings. The summed E-state index contributed by atoms with van der Waals surface area (Å²) >= 11 is 0. The number of H-pyrrole nitrogens is 2. The summed E-state index contributed by atoms with van der Waals surface area (Å²) in [6, 6.07) is 7.71. The summed E-state index contributed by atoms with van der Waals surface area (Å²) in [6.45, 7) is 8.05. The Hall–Kier alpha value is -3.35. The molecule has 27 heavy (non-hydrogen) atoms. The molecule has 0 spiro atoms. The molecule has 3 heterocycles. The highest BCUT2D eigenvalue weighted by Gasteiger charge is 2.22. The highest BCUT2D eigenvalue weighted by atomic mass is 16.2. The maximum atomic E-state index is 12.9.